The maximum atomic E-state index is 12.8. The van der Waals surface area contributed by atoms with E-state index in [2.05, 4.69) is 20.7 Å². The number of hydrogen-bond acceptors (Lipinski definition) is 3. The summed E-state index contributed by atoms with van der Waals surface area (Å²) in [5.74, 6) is -1.96. The molecule has 0 saturated carbocycles. The van der Waals surface area contributed by atoms with Gasteiger partial charge in [-0.05, 0) is 33.6 Å². The molecule has 0 heterocycles. The summed E-state index contributed by atoms with van der Waals surface area (Å²) in [5.41, 5.74) is 0.554. The minimum Gasteiger partial charge on any atom is -0.463 e. The largest absolute Gasteiger partial charge is 0.463 e. The number of ether oxygens (including phenoxy) is 1. The molecule has 3 nitrogen and oxygen atoms in total. The van der Waals surface area contributed by atoms with E-state index in [0.717, 1.165) is 7.11 Å². The Balaban J connectivity index is 2.77. The second-order valence-electron chi connectivity index (χ2n) is 2.84. The summed E-state index contributed by atoms with van der Waals surface area (Å²) in [6.07, 6.45) is -0.0917. The van der Waals surface area contributed by atoms with E-state index in [4.69, 9.17) is 0 Å². The third-order valence-corrected chi connectivity index (χ3v) is 2.37. The lowest BCUT2D eigenvalue weighted by atomic mass is 10.1. The number of hydrogen-bond donors (Lipinski definition) is 0. The molecule has 0 aliphatic carbocycles. The smallest absolute Gasteiger partial charge is 0.374 e. The van der Waals surface area contributed by atoms with E-state index in [1.165, 1.54) is 18.2 Å². The number of benzene rings is 1. The quantitative estimate of drug-likeness (QED) is 0.624. The molecule has 0 spiro atoms. The minimum atomic E-state index is -0.893. The zero-order valence-corrected chi connectivity index (χ0v) is 9.51. The standard InChI is InChI=1S/C10H8BrFO3/c1-15-10(14)9(13)5-6-2-3-8(12)7(11)4-6/h2-4H,5H2,1H3. The second kappa shape index (κ2) is 5.02. The Morgan fingerprint density at radius 3 is 2.67 bits per heavy atom. The van der Waals surface area contributed by atoms with Crippen LogP contribution in [0.5, 0.6) is 0 Å². The van der Waals surface area contributed by atoms with Crippen LogP contribution < -0.4 is 0 Å². The second-order valence-corrected chi connectivity index (χ2v) is 3.69. The highest BCUT2D eigenvalue weighted by molar-refractivity contribution is 9.10. The predicted octanol–water partition coefficient (Wildman–Crippen LogP) is 1.87. The molecule has 0 atom stereocenters. The van der Waals surface area contributed by atoms with E-state index in [0.29, 0.717) is 5.56 Å². The number of Topliss-reactive ketones (excluding diaryl/α,β-unsaturated/α-hetero) is 1. The molecule has 80 valence electrons. The highest BCUT2D eigenvalue weighted by Crippen LogP contribution is 2.17. The van der Waals surface area contributed by atoms with Gasteiger partial charge in [0, 0.05) is 6.42 Å². The van der Waals surface area contributed by atoms with E-state index in [-0.39, 0.29) is 10.9 Å². The fourth-order valence-electron chi connectivity index (χ4n) is 1.02. The zero-order chi connectivity index (χ0) is 11.4. The van der Waals surface area contributed by atoms with Crippen LogP contribution in [0.1, 0.15) is 5.56 Å². The van der Waals surface area contributed by atoms with Crippen LogP contribution in [0.25, 0.3) is 0 Å². The van der Waals surface area contributed by atoms with Gasteiger partial charge in [0.25, 0.3) is 0 Å². The number of carbonyl (C=O) groups excluding carboxylic acids is 2. The van der Waals surface area contributed by atoms with Gasteiger partial charge in [0.15, 0.2) is 0 Å². The number of ketones is 1. The molecule has 0 bridgehead atoms. The first-order valence-electron chi connectivity index (χ1n) is 4.09. The highest BCUT2D eigenvalue weighted by atomic mass is 79.9. The first kappa shape index (κ1) is 11.8. The molecule has 1 aromatic carbocycles. The van der Waals surface area contributed by atoms with Gasteiger partial charge < -0.3 is 4.74 Å². The van der Waals surface area contributed by atoms with Crippen molar-refractivity contribution in [2.75, 3.05) is 7.11 Å². The maximum Gasteiger partial charge on any atom is 0.374 e. The number of rotatable bonds is 3. The molecule has 1 aromatic rings. The van der Waals surface area contributed by atoms with Crippen molar-refractivity contribution in [1.82, 2.24) is 0 Å². The van der Waals surface area contributed by atoms with Crippen molar-refractivity contribution in [3.05, 3.63) is 34.1 Å². The molecule has 0 amide bonds. The molecule has 0 aliphatic heterocycles. The molecule has 0 saturated heterocycles. The number of halogens is 2. The van der Waals surface area contributed by atoms with Crippen LogP contribution in [0.4, 0.5) is 4.39 Å². The molecule has 15 heavy (non-hydrogen) atoms. The van der Waals surface area contributed by atoms with Crippen LogP contribution in [0.2, 0.25) is 0 Å². The molecular weight excluding hydrogens is 267 g/mol. The lowest BCUT2D eigenvalue weighted by Crippen LogP contribution is -2.17. The normalized spacial score (nSPS) is 9.80. The first-order chi connectivity index (χ1) is 7.04. The van der Waals surface area contributed by atoms with Crippen molar-refractivity contribution in [2.45, 2.75) is 6.42 Å². The Morgan fingerprint density at radius 1 is 1.47 bits per heavy atom. The molecule has 0 N–H and O–H groups in total. The topological polar surface area (TPSA) is 43.4 Å². The number of esters is 1. The lowest BCUT2D eigenvalue weighted by molar-refractivity contribution is -0.151. The summed E-state index contributed by atoms with van der Waals surface area (Å²) in [4.78, 5) is 22.0. The van der Waals surface area contributed by atoms with Gasteiger partial charge in [-0.3, -0.25) is 4.79 Å². The van der Waals surface area contributed by atoms with Crippen LogP contribution in [0.3, 0.4) is 0 Å². The molecular formula is C10H8BrFO3. The molecule has 0 radical (unpaired) electrons. The van der Waals surface area contributed by atoms with Gasteiger partial charge in [0.1, 0.15) is 5.82 Å². The Hall–Kier alpha value is -1.23. The van der Waals surface area contributed by atoms with Gasteiger partial charge >= 0.3 is 5.97 Å². The van der Waals surface area contributed by atoms with Crippen molar-refractivity contribution in [2.24, 2.45) is 0 Å². The van der Waals surface area contributed by atoms with Crippen molar-refractivity contribution in [1.29, 1.82) is 0 Å². The Morgan fingerprint density at radius 2 is 2.13 bits per heavy atom. The third kappa shape index (κ3) is 3.13. The Bertz CT molecular complexity index is 404. The van der Waals surface area contributed by atoms with Crippen molar-refractivity contribution >= 4 is 27.7 Å². The highest BCUT2D eigenvalue weighted by Gasteiger charge is 2.14. The molecule has 0 fully saturated rings. The zero-order valence-electron chi connectivity index (χ0n) is 7.92. The van der Waals surface area contributed by atoms with Gasteiger partial charge in [-0.25, -0.2) is 9.18 Å². The van der Waals surface area contributed by atoms with Gasteiger partial charge in [-0.15, -0.1) is 0 Å². The molecule has 0 unspecified atom stereocenters. The molecule has 1 rings (SSSR count). The van der Waals surface area contributed by atoms with E-state index >= 15 is 0 Å². The van der Waals surface area contributed by atoms with Gasteiger partial charge in [-0.1, -0.05) is 6.07 Å². The summed E-state index contributed by atoms with van der Waals surface area (Å²) < 4.78 is 17.4. The third-order valence-electron chi connectivity index (χ3n) is 1.76. The van der Waals surface area contributed by atoms with Crippen molar-refractivity contribution < 1.29 is 18.7 Å². The van der Waals surface area contributed by atoms with E-state index < -0.39 is 17.6 Å². The van der Waals surface area contributed by atoms with Gasteiger partial charge in [-0.2, -0.15) is 0 Å². The predicted molar refractivity (Wildman–Crippen MR) is 54.8 cm³/mol. The summed E-state index contributed by atoms with van der Waals surface area (Å²) in [6, 6.07) is 4.13. The van der Waals surface area contributed by atoms with Crippen LogP contribution in [-0.2, 0) is 20.7 Å². The minimum absolute atomic E-state index is 0.0917. The maximum absolute atomic E-state index is 12.8. The fourth-order valence-corrected chi connectivity index (χ4v) is 1.45. The van der Waals surface area contributed by atoms with Crippen molar-refractivity contribution in [3.8, 4) is 0 Å². The molecule has 0 aromatic heterocycles. The van der Waals surface area contributed by atoms with Crippen LogP contribution >= 0.6 is 15.9 Å². The summed E-state index contributed by atoms with van der Waals surface area (Å²) in [7, 11) is 1.14. The van der Waals surface area contributed by atoms with Crippen LogP contribution in [0, 0.1) is 5.82 Å². The van der Waals surface area contributed by atoms with Crippen molar-refractivity contribution in [3.63, 3.8) is 0 Å². The summed E-state index contributed by atoms with van der Waals surface area (Å²) >= 11 is 2.99. The molecule has 0 aliphatic rings. The van der Waals surface area contributed by atoms with E-state index in [1.807, 2.05) is 0 Å². The van der Waals surface area contributed by atoms with Crippen LogP contribution in [-0.4, -0.2) is 18.9 Å². The fraction of sp³-hybridized carbons (Fsp3) is 0.200. The lowest BCUT2D eigenvalue weighted by Gasteiger charge is -2.01. The first-order valence-corrected chi connectivity index (χ1v) is 4.89. The monoisotopic (exact) mass is 274 g/mol. The van der Waals surface area contributed by atoms with Gasteiger partial charge in [0.05, 0.1) is 11.6 Å². The van der Waals surface area contributed by atoms with E-state index in [9.17, 15) is 14.0 Å². The number of carbonyl (C=O) groups is 2. The van der Waals surface area contributed by atoms with Crippen LogP contribution in [0.15, 0.2) is 22.7 Å². The Labute approximate surface area is 94.4 Å². The number of methoxy groups -OCH3 is 1. The average Bonchev–Trinajstić information content (AvgIpc) is 2.22. The average molecular weight is 275 g/mol. The van der Waals surface area contributed by atoms with E-state index in [1.54, 1.807) is 0 Å². The summed E-state index contributed by atoms with van der Waals surface area (Å²) in [5, 5.41) is 0. The summed E-state index contributed by atoms with van der Waals surface area (Å²) in [6.45, 7) is 0. The SMILES string of the molecule is COC(=O)C(=O)Cc1ccc(F)c(Br)c1. The van der Waals surface area contributed by atoms with Gasteiger partial charge in [0.2, 0.25) is 5.78 Å². The Kier molecular flexibility index (Phi) is 3.96. The molecule has 5 heteroatoms.